The van der Waals surface area contributed by atoms with Crippen LogP contribution >= 0.6 is 11.6 Å². The van der Waals surface area contributed by atoms with Crippen molar-refractivity contribution in [2.24, 2.45) is 0 Å². The summed E-state index contributed by atoms with van der Waals surface area (Å²) in [6.45, 7) is 5.49. The Morgan fingerprint density at radius 2 is 1.84 bits per heavy atom. The predicted molar refractivity (Wildman–Crippen MR) is 123 cm³/mol. The molecule has 1 unspecified atom stereocenters. The first-order valence-corrected chi connectivity index (χ1v) is 12.1. The van der Waals surface area contributed by atoms with Crippen LogP contribution in [0.1, 0.15) is 37.8 Å². The van der Waals surface area contributed by atoms with Gasteiger partial charge < -0.3 is 9.15 Å². The van der Waals surface area contributed by atoms with Crippen molar-refractivity contribution in [2.75, 3.05) is 0 Å². The van der Waals surface area contributed by atoms with Gasteiger partial charge in [0.25, 0.3) is 0 Å². The fourth-order valence-corrected chi connectivity index (χ4v) is 4.70. The number of hydrogen-bond acceptors (Lipinski definition) is 6. The Labute approximate surface area is 191 Å². The molecule has 3 rings (SSSR count). The molecule has 1 aromatic heterocycles. The Morgan fingerprint density at radius 1 is 1.16 bits per heavy atom. The van der Waals surface area contributed by atoms with Crippen LogP contribution in [-0.2, 0) is 21.2 Å². The van der Waals surface area contributed by atoms with Crippen molar-refractivity contribution in [1.82, 2.24) is 4.72 Å². The highest BCUT2D eigenvalue weighted by Gasteiger charge is 2.27. The van der Waals surface area contributed by atoms with Crippen LogP contribution in [0.3, 0.4) is 0 Å². The fourth-order valence-electron chi connectivity index (χ4n) is 3.23. The number of esters is 1. The number of aryl methyl sites for hydroxylation is 2. The van der Waals surface area contributed by atoms with E-state index >= 15 is 0 Å². The largest absolute Gasteiger partial charge is 0.424 e. The molecule has 7 nitrogen and oxygen atoms in total. The summed E-state index contributed by atoms with van der Waals surface area (Å²) in [6, 6.07) is 9.50. The van der Waals surface area contributed by atoms with Crippen molar-refractivity contribution < 1.29 is 22.4 Å². The van der Waals surface area contributed by atoms with Crippen molar-refractivity contribution >= 4 is 38.6 Å². The van der Waals surface area contributed by atoms with E-state index in [1.54, 1.807) is 25.1 Å². The zero-order chi connectivity index (χ0) is 23.5. The predicted octanol–water partition coefficient (Wildman–Crippen LogP) is 4.37. The monoisotopic (exact) mass is 477 g/mol. The molecule has 0 spiro atoms. The van der Waals surface area contributed by atoms with E-state index in [2.05, 4.69) is 4.72 Å². The van der Waals surface area contributed by atoms with Crippen LogP contribution in [0, 0.1) is 6.92 Å². The zero-order valence-electron chi connectivity index (χ0n) is 18.0. The molecule has 170 valence electrons. The van der Waals surface area contributed by atoms with Crippen LogP contribution in [-0.4, -0.2) is 20.4 Å². The number of fused-ring (bicyclic) bond motifs is 1. The lowest BCUT2D eigenvalue weighted by Crippen LogP contribution is -2.42. The average Bonchev–Trinajstić information content (AvgIpc) is 2.73. The topological polar surface area (TPSA) is 103 Å². The minimum Gasteiger partial charge on any atom is -0.424 e. The van der Waals surface area contributed by atoms with Gasteiger partial charge in [-0.15, -0.1) is 0 Å². The molecule has 3 aromatic rings. The van der Waals surface area contributed by atoms with Crippen LogP contribution in [0.15, 0.2) is 56.6 Å². The summed E-state index contributed by atoms with van der Waals surface area (Å²) in [7, 11) is -3.93. The quantitative estimate of drug-likeness (QED) is 0.293. The standard InChI is InChI=1S/C23H24ClNO6S/c1-4-6-15-11-22(26)30-20-13-21(18(24)12-17(15)20)31-23(27)19(5-2)25-32(28,29)16-9-7-14(3)8-10-16/h7-13,19,25H,4-6H2,1-3H3. The summed E-state index contributed by atoms with van der Waals surface area (Å²) in [5.74, 6) is -0.842. The molecule has 0 amide bonds. The Balaban J connectivity index is 1.86. The van der Waals surface area contributed by atoms with E-state index in [1.807, 2.05) is 13.8 Å². The summed E-state index contributed by atoms with van der Waals surface area (Å²) in [5.41, 5.74) is 1.42. The van der Waals surface area contributed by atoms with Gasteiger partial charge >= 0.3 is 11.6 Å². The summed E-state index contributed by atoms with van der Waals surface area (Å²) < 4.78 is 38.3. The van der Waals surface area contributed by atoms with Crippen LogP contribution < -0.4 is 15.1 Å². The van der Waals surface area contributed by atoms with Gasteiger partial charge in [0.2, 0.25) is 10.0 Å². The molecule has 1 atom stereocenters. The van der Waals surface area contributed by atoms with Gasteiger partial charge in [0, 0.05) is 17.5 Å². The molecule has 0 fully saturated rings. The first kappa shape index (κ1) is 24.0. The van der Waals surface area contributed by atoms with E-state index in [4.69, 9.17) is 20.8 Å². The van der Waals surface area contributed by atoms with E-state index in [0.29, 0.717) is 11.8 Å². The second-order valence-corrected chi connectivity index (χ2v) is 9.56. The zero-order valence-corrected chi connectivity index (χ0v) is 19.5. The molecule has 0 saturated heterocycles. The number of halogens is 1. The third kappa shape index (κ3) is 5.38. The highest BCUT2D eigenvalue weighted by Crippen LogP contribution is 2.32. The number of hydrogen-bond donors (Lipinski definition) is 1. The molecule has 0 aliphatic rings. The molecule has 0 saturated carbocycles. The maximum Gasteiger partial charge on any atom is 0.336 e. The number of ether oxygens (including phenoxy) is 1. The minimum absolute atomic E-state index is 0.0195. The van der Waals surface area contributed by atoms with E-state index in [1.165, 1.54) is 24.3 Å². The minimum atomic E-state index is -3.93. The first-order chi connectivity index (χ1) is 15.1. The first-order valence-electron chi connectivity index (χ1n) is 10.2. The molecule has 9 heteroatoms. The van der Waals surface area contributed by atoms with Crippen molar-refractivity contribution in [2.45, 2.75) is 51.0 Å². The average molecular weight is 478 g/mol. The van der Waals surface area contributed by atoms with Crippen LogP contribution in [0.25, 0.3) is 11.0 Å². The highest BCUT2D eigenvalue weighted by molar-refractivity contribution is 7.89. The van der Waals surface area contributed by atoms with Crippen molar-refractivity contribution in [3.63, 3.8) is 0 Å². The van der Waals surface area contributed by atoms with Gasteiger partial charge in [0.05, 0.1) is 9.92 Å². The SMILES string of the molecule is CCCc1cc(=O)oc2cc(OC(=O)C(CC)NS(=O)(=O)c3ccc(C)cc3)c(Cl)cc12. The number of carbonyl (C=O) groups is 1. The highest BCUT2D eigenvalue weighted by atomic mass is 35.5. The molecule has 0 aliphatic heterocycles. The summed E-state index contributed by atoms with van der Waals surface area (Å²) in [6.07, 6.45) is 1.65. The van der Waals surface area contributed by atoms with Gasteiger partial charge in [0.15, 0.2) is 5.75 Å². The number of sulfonamides is 1. The van der Waals surface area contributed by atoms with Gasteiger partial charge in [-0.3, -0.25) is 0 Å². The third-order valence-electron chi connectivity index (χ3n) is 4.93. The van der Waals surface area contributed by atoms with Gasteiger partial charge in [-0.2, -0.15) is 4.72 Å². The van der Waals surface area contributed by atoms with Gasteiger partial charge in [-0.25, -0.2) is 18.0 Å². The molecule has 0 bridgehead atoms. The summed E-state index contributed by atoms with van der Waals surface area (Å²) in [5, 5.41) is 0.802. The maximum atomic E-state index is 12.7. The molecular weight excluding hydrogens is 454 g/mol. The van der Waals surface area contributed by atoms with Gasteiger partial charge in [-0.1, -0.05) is 49.6 Å². The lowest BCUT2D eigenvalue weighted by Gasteiger charge is -2.17. The fraction of sp³-hybridized carbons (Fsp3) is 0.304. The van der Waals surface area contributed by atoms with E-state index < -0.39 is 27.7 Å². The van der Waals surface area contributed by atoms with E-state index in [0.717, 1.165) is 17.5 Å². The molecule has 1 heterocycles. The van der Waals surface area contributed by atoms with E-state index in [9.17, 15) is 18.0 Å². The van der Waals surface area contributed by atoms with Crippen LogP contribution in [0.5, 0.6) is 5.75 Å². The molecule has 0 radical (unpaired) electrons. The number of nitrogens with one attached hydrogen (secondary N) is 1. The second kappa shape index (κ2) is 9.85. The number of rotatable bonds is 8. The molecular formula is C23H24ClNO6S. The van der Waals surface area contributed by atoms with Crippen molar-refractivity contribution in [3.8, 4) is 5.75 Å². The Bertz CT molecular complexity index is 1300. The Kier molecular flexibility index (Phi) is 7.38. The lowest BCUT2D eigenvalue weighted by molar-refractivity contribution is -0.136. The lowest BCUT2D eigenvalue weighted by atomic mass is 10.1. The molecule has 1 N–H and O–H groups in total. The van der Waals surface area contributed by atoms with E-state index in [-0.39, 0.29) is 27.7 Å². The number of benzene rings is 2. The smallest absolute Gasteiger partial charge is 0.336 e. The van der Waals surface area contributed by atoms with Crippen molar-refractivity contribution in [1.29, 1.82) is 0 Å². The van der Waals surface area contributed by atoms with Crippen LogP contribution in [0.4, 0.5) is 0 Å². The van der Waals surface area contributed by atoms with Gasteiger partial charge in [0.1, 0.15) is 11.6 Å². The molecule has 0 aliphatic carbocycles. The van der Waals surface area contributed by atoms with Crippen molar-refractivity contribution in [3.05, 3.63) is 69.0 Å². The maximum absolute atomic E-state index is 12.7. The second-order valence-electron chi connectivity index (χ2n) is 7.44. The Hall–Kier alpha value is -2.68. The number of carbonyl (C=O) groups excluding carboxylic acids is 1. The third-order valence-corrected chi connectivity index (χ3v) is 6.72. The summed E-state index contributed by atoms with van der Waals surface area (Å²) in [4.78, 5) is 24.7. The summed E-state index contributed by atoms with van der Waals surface area (Å²) >= 11 is 6.32. The molecule has 32 heavy (non-hydrogen) atoms. The van der Waals surface area contributed by atoms with Crippen LogP contribution in [0.2, 0.25) is 5.02 Å². The molecule has 2 aromatic carbocycles. The van der Waals surface area contributed by atoms with Gasteiger partial charge in [-0.05, 0) is 43.5 Å². The Morgan fingerprint density at radius 3 is 2.47 bits per heavy atom. The normalized spacial score (nSPS) is 12.6.